The van der Waals surface area contributed by atoms with Crippen molar-refractivity contribution >= 4 is 34.9 Å². The molecular weight excluding hydrogens is 436 g/mol. The lowest BCUT2D eigenvalue weighted by molar-refractivity contribution is 0.102. The zero-order valence-corrected chi connectivity index (χ0v) is 17.8. The molecule has 5 nitrogen and oxygen atoms in total. The van der Waals surface area contributed by atoms with Crippen LogP contribution >= 0.6 is 11.6 Å². The van der Waals surface area contributed by atoms with Gasteiger partial charge in [0, 0.05) is 30.0 Å². The first-order chi connectivity index (χ1) is 15.4. The molecule has 0 aromatic heterocycles. The van der Waals surface area contributed by atoms with E-state index in [2.05, 4.69) is 5.32 Å². The van der Waals surface area contributed by atoms with Crippen LogP contribution in [0, 0.1) is 11.6 Å². The van der Waals surface area contributed by atoms with Crippen LogP contribution < -0.4 is 10.2 Å². The first-order valence-corrected chi connectivity index (χ1v) is 10.5. The zero-order chi connectivity index (χ0) is 22.7. The Balaban J connectivity index is 1.45. The quantitative estimate of drug-likeness (QED) is 0.536. The monoisotopic (exact) mass is 455 g/mol. The average molecular weight is 456 g/mol. The van der Waals surface area contributed by atoms with Gasteiger partial charge >= 0.3 is 6.03 Å². The van der Waals surface area contributed by atoms with Crippen molar-refractivity contribution in [3.05, 3.63) is 94.5 Å². The lowest BCUT2D eigenvalue weighted by atomic mass is 10.1. The topological polar surface area (TPSA) is 52.7 Å². The van der Waals surface area contributed by atoms with Crippen LogP contribution in [-0.4, -0.2) is 29.9 Å². The predicted molar refractivity (Wildman–Crippen MR) is 120 cm³/mol. The minimum absolute atomic E-state index is 0.00903. The molecule has 8 heteroatoms. The smallest absolute Gasteiger partial charge is 0.322 e. The van der Waals surface area contributed by atoms with E-state index in [9.17, 15) is 18.4 Å². The van der Waals surface area contributed by atoms with Gasteiger partial charge in [0.2, 0.25) is 0 Å². The van der Waals surface area contributed by atoms with E-state index < -0.39 is 11.6 Å². The van der Waals surface area contributed by atoms with Crippen LogP contribution in [0.3, 0.4) is 0 Å². The van der Waals surface area contributed by atoms with Crippen molar-refractivity contribution in [3.8, 4) is 0 Å². The summed E-state index contributed by atoms with van der Waals surface area (Å²) in [5, 5.41) is 3.14. The third-order valence-electron chi connectivity index (χ3n) is 5.24. The fourth-order valence-electron chi connectivity index (χ4n) is 3.61. The van der Waals surface area contributed by atoms with Gasteiger partial charge in [0.1, 0.15) is 11.6 Å². The normalized spacial score (nSPS) is 13.9. The number of anilines is 2. The Hall–Kier alpha value is -3.45. The van der Waals surface area contributed by atoms with E-state index in [1.165, 1.54) is 4.90 Å². The average Bonchev–Trinajstić information content (AvgIpc) is 2.78. The van der Waals surface area contributed by atoms with Crippen LogP contribution in [-0.2, 0) is 6.54 Å². The molecular formula is C24H20ClF2N3O2. The molecule has 1 fully saturated rings. The highest BCUT2D eigenvalue weighted by Crippen LogP contribution is 2.25. The first kappa shape index (κ1) is 21.8. The van der Waals surface area contributed by atoms with Crippen molar-refractivity contribution in [3.63, 3.8) is 0 Å². The second-order valence-corrected chi connectivity index (χ2v) is 7.83. The molecule has 1 saturated heterocycles. The number of hydrogen-bond acceptors (Lipinski definition) is 2. The Kier molecular flexibility index (Phi) is 6.37. The molecule has 3 aromatic rings. The van der Waals surface area contributed by atoms with Gasteiger partial charge in [0.25, 0.3) is 5.91 Å². The molecule has 1 heterocycles. The Bertz CT molecular complexity index is 1150. The van der Waals surface area contributed by atoms with Crippen LogP contribution in [0.5, 0.6) is 0 Å². The number of carbonyl (C=O) groups is 2. The summed E-state index contributed by atoms with van der Waals surface area (Å²) < 4.78 is 27.5. The van der Waals surface area contributed by atoms with E-state index in [4.69, 9.17) is 11.6 Å². The van der Waals surface area contributed by atoms with Gasteiger partial charge in [-0.3, -0.25) is 9.69 Å². The maximum atomic E-state index is 14.0. The molecule has 0 atom stereocenters. The summed E-state index contributed by atoms with van der Waals surface area (Å²) >= 11 is 6.06. The van der Waals surface area contributed by atoms with Gasteiger partial charge in [-0.1, -0.05) is 23.7 Å². The minimum atomic E-state index is -0.546. The number of halogens is 3. The van der Waals surface area contributed by atoms with E-state index in [0.29, 0.717) is 41.5 Å². The van der Waals surface area contributed by atoms with Crippen molar-refractivity contribution in [1.29, 1.82) is 0 Å². The van der Waals surface area contributed by atoms with Crippen molar-refractivity contribution in [2.24, 2.45) is 0 Å². The van der Waals surface area contributed by atoms with Gasteiger partial charge in [-0.2, -0.15) is 0 Å². The molecule has 0 saturated carbocycles. The van der Waals surface area contributed by atoms with Crippen molar-refractivity contribution in [1.82, 2.24) is 4.90 Å². The van der Waals surface area contributed by atoms with Gasteiger partial charge in [-0.15, -0.1) is 0 Å². The fourth-order valence-corrected chi connectivity index (χ4v) is 3.83. The Morgan fingerprint density at radius 3 is 2.50 bits per heavy atom. The number of amides is 3. The molecule has 4 rings (SSSR count). The van der Waals surface area contributed by atoms with E-state index in [-0.39, 0.29) is 24.0 Å². The Morgan fingerprint density at radius 1 is 1.00 bits per heavy atom. The van der Waals surface area contributed by atoms with Crippen molar-refractivity contribution in [2.75, 3.05) is 23.3 Å². The van der Waals surface area contributed by atoms with E-state index in [1.807, 2.05) is 0 Å². The molecule has 0 bridgehead atoms. The predicted octanol–water partition coefficient (Wildman–Crippen LogP) is 5.70. The third-order valence-corrected chi connectivity index (χ3v) is 5.57. The highest BCUT2D eigenvalue weighted by molar-refractivity contribution is 6.34. The molecule has 0 radical (unpaired) electrons. The zero-order valence-electron chi connectivity index (χ0n) is 17.0. The van der Waals surface area contributed by atoms with Gasteiger partial charge in [-0.25, -0.2) is 13.6 Å². The number of rotatable bonds is 5. The summed E-state index contributed by atoms with van der Waals surface area (Å²) in [4.78, 5) is 28.5. The molecule has 0 spiro atoms. The van der Waals surface area contributed by atoms with Gasteiger partial charge in [0.05, 0.1) is 17.1 Å². The molecule has 3 aromatic carbocycles. The van der Waals surface area contributed by atoms with Gasteiger partial charge < -0.3 is 10.2 Å². The lowest BCUT2D eigenvalue weighted by Crippen LogP contribution is -2.49. The van der Waals surface area contributed by atoms with E-state index in [1.54, 1.807) is 53.4 Å². The molecule has 164 valence electrons. The highest BCUT2D eigenvalue weighted by atomic mass is 35.5. The number of urea groups is 1. The van der Waals surface area contributed by atoms with Crippen molar-refractivity contribution in [2.45, 2.75) is 13.0 Å². The van der Waals surface area contributed by atoms with Crippen LogP contribution in [0.2, 0.25) is 5.02 Å². The van der Waals surface area contributed by atoms with Crippen LogP contribution in [0.1, 0.15) is 22.3 Å². The number of nitrogens with one attached hydrogen (secondary N) is 1. The highest BCUT2D eigenvalue weighted by Gasteiger charge is 2.27. The first-order valence-electron chi connectivity index (χ1n) is 10.1. The largest absolute Gasteiger partial charge is 0.324 e. The van der Waals surface area contributed by atoms with Gasteiger partial charge in [-0.05, 0) is 61.0 Å². The molecule has 3 amide bonds. The van der Waals surface area contributed by atoms with Gasteiger partial charge in [0.15, 0.2) is 0 Å². The molecule has 1 N–H and O–H groups in total. The minimum Gasteiger partial charge on any atom is -0.322 e. The summed E-state index contributed by atoms with van der Waals surface area (Å²) in [5.41, 5.74) is 1.71. The summed E-state index contributed by atoms with van der Waals surface area (Å²) in [6, 6.07) is 16.5. The summed E-state index contributed by atoms with van der Waals surface area (Å²) in [6.45, 7) is 0.953. The van der Waals surface area contributed by atoms with E-state index >= 15 is 0 Å². The second-order valence-electron chi connectivity index (χ2n) is 7.43. The molecule has 32 heavy (non-hydrogen) atoms. The standard InChI is InChI=1S/C24H20ClF2N3O2/c25-21-5-2-1-4-20(21)23(31)28-18-7-9-19(10-8-18)30-13-3-12-29(24(30)32)15-16-14-17(26)6-11-22(16)27/h1-2,4-11,14H,3,12-13,15H2,(H,28,31). The summed E-state index contributed by atoms with van der Waals surface area (Å²) in [6.07, 6.45) is 0.688. The molecule has 1 aliphatic rings. The number of hydrogen-bond donors (Lipinski definition) is 1. The number of benzene rings is 3. The molecule has 1 aliphatic heterocycles. The van der Waals surface area contributed by atoms with E-state index in [0.717, 1.165) is 18.2 Å². The summed E-state index contributed by atoms with van der Waals surface area (Å²) in [5.74, 6) is -1.42. The lowest BCUT2D eigenvalue weighted by Gasteiger charge is -2.35. The van der Waals surface area contributed by atoms with Crippen molar-refractivity contribution < 1.29 is 18.4 Å². The SMILES string of the molecule is O=C(Nc1ccc(N2CCCN(Cc3cc(F)ccc3F)C2=O)cc1)c1ccccc1Cl. The molecule has 0 aliphatic carbocycles. The van der Waals surface area contributed by atoms with Crippen LogP contribution in [0.25, 0.3) is 0 Å². The molecule has 0 unspecified atom stereocenters. The Morgan fingerprint density at radius 2 is 1.75 bits per heavy atom. The van der Waals surface area contributed by atoms with Crippen LogP contribution in [0.4, 0.5) is 25.0 Å². The number of nitrogens with zero attached hydrogens (tertiary/aromatic N) is 2. The number of carbonyl (C=O) groups excluding carboxylic acids is 2. The fraction of sp³-hybridized carbons (Fsp3) is 0.167. The maximum Gasteiger partial charge on any atom is 0.324 e. The van der Waals surface area contributed by atoms with Crippen LogP contribution in [0.15, 0.2) is 66.7 Å². The Labute approximate surface area is 189 Å². The second kappa shape index (κ2) is 9.36. The third kappa shape index (κ3) is 4.73. The summed E-state index contributed by atoms with van der Waals surface area (Å²) in [7, 11) is 0. The maximum absolute atomic E-state index is 14.0.